The molecule has 92 valence electrons. The lowest BCUT2D eigenvalue weighted by molar-refractivity contribution is -0.120. The average Bonchev–Trinajstić information content (AvgIpc) is 2.31. The van der Waals surface area contributed by atoms with Crippen LogP contribution in [0.3, 0.4) is 0 Å². The Kier molecular flexibility index (Phi) is 5.57. The smallest absolute Gasteiger partial charge is 0.222 e. The van der Waals surface area contributed by atoms with Crippen molar-refractivity contribution in [3.8, 4) is 0 Å². The topological polar surface area (TPSA) is 41.1 Å². The van der Waals surface area contributed by atoms with E-state index in [2.05, 4.69) is 17.2 Å². The summed E-state index contributed by atoms with van der Waals surface area (Å²) in [4.78, 5) is 11.3. The van der Waals surface area contributed by atoms with Crippen LogP contribution in [0.2, 0.25) is 5.02 Å². The number of hydrogen-bond acceptors (Lipinski definition) is 2. The fraction of sp³-hybridized carbons (Fsp3) is 0.308. The molecule has 0 spiro atoms. The highest BCUT2D eigenvalue weighted by Gasteiger charge is 2.00. The fourth-order valence-corrected chi connectivity index (χ4v) is 1.48. The van der Waals surface area contributed by atoms with Crippen molar-refractivity contribution >= 4 is 23.2 Å². The van der Waals surface area contributed by atoms with Crippen molar-refractivity contribution in [1.82, 2.24) is 5.32 Å². The van der Waals surface area contributed by atoms with Gasteiger partial charge >= 0.3 is 0 Å². The molecule has 0 saturated heterocycles. The van der Waals surface area contributed by atoms with Gasteiger partial charge in [0.25, 0.3) is 0 Å². The first-order valence-electron chi connectivity index (χ1n) is 5.51. The van der Waals surface area contributed by atoms with Crippen LogP contribution < -0.4 is 10.6 Å². The summed E-state index contributed by atoms with van der Waals surface area (Å²) >= 11 is 5.99. The lowest BCUT2D eigenvalue weighted by Gasteiger charge is -2.07. The molecule has 1 aromatic rings. The molecule has 1 aromatic carbocycles. The monoisotopic (exact) mass is 252 g/mol. The third kappa shape index (κ3) is 4.91. The minimum Gasteiger partial charge on any atom is -0.384 e. The van der Waals surface area contributed by atoms with Gasteiger partial charge < -0.3 is 10.6 Å². The minimum atomic E-state index is 0.00982. The van der Waals surface area contributed by atoms with E-state index >= 15 is 0 Å². The lowest BCUT2D eigenvalue weighted by atomic mass is 10.2. The minimum absolute atomic E-state index is 0.00982. The molecular weight excluding hydrogens is 236 g/mol. The van der Waals surface area contributed by atoms with Gasteiger partial charge in [0, 0.05) is 30.2 Å². The van der Waals surface area contributed by atoms with E-state index in [1.54, 1.807) is 6.08 Å². The molecule has 0 radical (unpaired) electrons. The van der Waals surface area contributed by atoms with Gasteiger partial charge in [-0.1, -0.05) is 23.7 Å². The second kappa shape index (κ2) is 6.97. The molecule has 3 nitrogen and oxygen atoms in total. The molecule has 0 aromatic heterocycles. The number of rotatable bonds is 6. The molecule has 2 N–H and O–H groups in total. The maximum absolute atomic E-state index is 11.3. The quantitative estimate of drug-likeness (QED) is 0.765. The normalized spacial score (nSPS) is 9.76. The summed E-state index contributed by atoms with van der Waals surface area (Å²) in [5.74, 6) is 0.00982. The van der Waals surface area contributed by atoms with Crippen LogP contribution in [0.4, 0.5) is 5.69 Å². The van der Waals surface area contributed by atoms with E-state index in [9.17, 15) is 4.79 Å². The zero-order chi connectivity index (χ0) is 12.7. The van der Waals surface area contributed by atoms with Crippen LogP contribution in [0, 0.1) is 6.92 Å². The van der Waals surface area contributed by atoms with Crippen molar-refractivity contribution in [3.63, 3.8) is 0 Å². The molecule has 17 heavy (non-hydrogen) atoms. The van der Waals surface area contributed by atoms with Crippen molar-refractivity contribution in [1.29, 1.82) is 0 Å². The highest BCUT2D eigenvalue weighted by atomic mass is 35.5. The lowest BCUT2D eigenvalue weighted by Crippen LogP contribution is -2.25. The Morgan fingerprint density at radius 1 is 1.53 bits per heavy atom. The zero-order valence-corrected chi connectivity index (χ0v) is 10.7. The summed E-state index contributed by atoms with van der Waals surface area (Å²) in [6, 6.07) is 5.75. The Bertz CT molecular complexity index is 404. The fourth-order valence-electron chi connectivity index (χ4n) is 1.30. The summed E-state index contributed by atoms with van der Waals surface area (Å²) in [5.41, 5.74) is 1.97. The maximum Gasteiger partial charge on any atom is 0.222 e. The van der Waals surface area contributed by atoms with Crippen LogP contribution in [-0.4, -0.2) is 19.0 Å². The average molecular weight is 253 g/mol. The predicted octanol–water partition coefficient (Wildman–Crippen LogP) is 2.75. The van der Waals surface area contributed by atoms with Crippen LogP contribution in [0.15, 0.2) is 30.9 Å². The highest BCUT2D eigenvalue weighted by molar-refractivity contribution is 6.31. The number of carbonyl (C=O) groups excluding carboxylic acids is 1. The van der Waals surface area contributed by atoms with Gasteiger partial charge in [0.05, 0.1) is 0 Å². The van der Waals surface area contributed by atoms with Crippen LogP contribution in [-0.2, 0) is 4.79 Å². The van der Waals surface area contributed by atoms with Crippen LogP contribution in [0.1, 0.15) is 12.0 Å². The van der Waals surface area contributed by atoms with Crippen LogP contribution in [0.25, 0.3) is 0 Å². The molecular formula is C13H17ClN2O. The van der Waals surface area contributed by atoms with Crippen molar-refractivity contribution in [2.75, 3.05) is 18.4 Å². The standard InChI is InChI=1S/C13H17ClN2O/c1-3-7-16-13(17)6-8-15-11-5-4-10(2)12(14)9-11/h3-5,9,15H,1,6-8H2,2H3,(H,16,17). The van der Waals surface area contributed by atoms with Gasteiger partial charge in [0.1, 0.15) is 0 Å². The molecule has 0 aliphatic carbocycles. The summed E-state index contributed by atoms with van der Waals surface area (Å²) < 4.78 is 0. The molecule has 0 heterocycles. The summed E-state index contributed by atoms with van der Waals surface area (Å²) in [5, 5.41) is 6.59. The highest BCUT2D eigenvalue weighted by Crippen LogP contribution is 2.19. The van der Waals surface area contributed by atoms with Gasteiger partial charge in [0.2, 0.25) is 5.91 Å². The number of benzene rings is 1. The van der Waals surface area contributed by atoms with Crippen molar-refractivity contribution < 1.29 is 4.79 Å². The number of amides is 1. The van der Waals surface area contributed by atoms with E-state index in [0.29, 0.717) is 19.5 Å². The van der Waals surface area contributed by atoms with Gasteiger partial charge in [-0.25, -0.2) is 0 Å². The molecule has 0 saturated carbocycles. The van der Waals surface area contributed by atoms with Crippen molar-refractivity contribution in [2.24, 2.45) is 0 Å². The maximum atomic E-state index is 11.3. The first kappa shape index (κ1) is 13.6. The number of halogens is 1. The van der Waals surface area contributed by atoms with E-state index < -0.39 is 0 Å². The molecule has 1 amide bonds. The van der Waals surface area contributed by atoms with Gasteiger partial charge in [0.15, 0.2) is 0 Å². The Labute approximate surface area is 107 Å². The van der Waals surface area contributed by atoms with Gasteiger partial charge in [-0.2, -0.15) is 0 Å². The van der Waals surface area contributed by atoms with E-state index in [-0.39, 0.29) is 5.91 Å². The number of anilines is 1. The van der Waals surface area contributed by atoms with E-state index in [4.69, 9.17) is 11.6 Å². The van der Waals surface area contributed by atoms with Crippen LogP contribution >= 0.6 is 11.6 Å². The molecule has 0 atom stereocenters. The number of hydrogen-bond donors (Lipinski definition) is 2. The molecule has 1 rings (SSSR count). The van der Waals surface area contributed by atoms with E-state index in [1.807, 2.05) is 25.1 Å². The number of aryl methyl sites for hydroxylation is 1. The Morgan fingerprint density at radius 3 is 2.94 bits per heavy atom. The van der Waals surface area contributed by atoms with Gasteiger partial charge in [-0.3, -0.25) is 4.79 Å². The van der Waals surface area contributed by atoms with E-state index in [0.717, 1.165) is 16.3 Å². The van der Waals surface area contributed by atoms with Gasteiger partial charge in [-0.15, -0.1) is 6.58 Å². The third-order valence-electron chi connectivity index (χ3n) is 2.30. The molecule has 4 heteroatoms. The Balaban J connectivity index is 2.33. The Hall–Kier alpha value is -1.48. The predicted molar refractivity (Wildman–Crippen MR) is 72.5 cm³/mol. The molecule has 0 aliphatic heterocycles. The first-order valence-corrected chi connectivity index (χ1v) is 5.89. The molecule has 0 unspecified atom stereocenters. The van der Waals surface area contributed by atoms with Crippen molar-refractivity contribution in [2.45, 2.75) is 13.3 Å². The third-order valence-corrected chi connectivity index (χ3v) is 2.70. The SMILES string of the molecule is C=CCNC(=O)CCNc1ccc(C)c(Cl)c1. The summed E-state index contributed by atoms with van der Waals surface area (Å²) in [6.07, 6.45) is 2.09. The molecule has 0 fully saturated rings. The van der Waals surface area contributed by atoms with Crippen LogP contribution in [0.5, 0.6) is 0 Å². The summed E-state index contributed by atoms with van der Waals surface area (Å²) in [7, 11) is 0. The molecule has 0 bridgehead atoms. The second-order valence-corrected chi connectivity index (χ2v) is 4.14. The number of nitrogens with one attached hydrogen (secondary N) is 2. The summed E-state index contributed by atoms with van der Waals surface area (Å²) in [6.45, 7) is 6.58. The largest absolute Gasteiger partial charge is 0.384 e. The van der Waals surface area contributed by atoms with Gasteiger partial charge in [-0.05, 0) is 24.6 Å². The molecule has 0 aliphatic rings. The van der Waals surface area contributed by atoms with Crippen molar-refractivity contribution in [3.05, 3.63) is 41.4 Å². The van der Waals surface area contributed by atoms with E-state index in [1.165, 1.54) is 0 Å². The zero-order valence-electron chi connectivity index (χ0n) is 9.92. The first-order chi connectivity index (χ1) is 8.13. The Morgan fingerprint density at radius 2 is 2.29 bits per heavy atom. The second-order valence-electron chi connectivity index (χ2n) is 3.73. The number of carbonyl (C=O) groups is 1.